The Hall–Kier alpha value is -3.40. The van der Waals surface area contributed by atoms with E-state index < -0.39 is 28.6 Å². The summed E-state index contributed by atoms with van der Waals surface area (Å²) in [5, 5.41) is 21.3. The zero-order valence-corrected chi connectivity index (χ0v) is 15.0. The van der Waals surface area contributed by atoms with Crippen molar-refractivity contribution in [2.45, 2.75) is 12.3 Å². The molecule has 0 heterocycles. The summed E-state index contributed by atoms with van der Waals surface area (Å²) >= 11 is 0. The Kier molecular flexibility index (Phi) is 4.82. The molecule has 1 aliphatic carbocycles. The maximum absolute atomic E-state index is 13.3. The van der Waals surface area contributed by atoms with Crippen LogP contribution in [0.25, 0.3) is 0 Å². The van der Waals surface area contributed by atoms with E-state index in [1.165, 1.54) is 14.2 Å². The number of nitrogens with zero attached hydrogens (tertiary/aromatic N) is 2. The van der Waals surface area contributed by atoms with E-state index in [0.29, 0.717) is 28.2 Å². The first-order valence-electron chi connectivity index (χ1n) is 8.34. The summed E-state index contributed by atoms with van der Waals surface area (Å²) in [6.07, 6.45) is 0.0887. The van der Waals surface area contributed by atoms with E-state index in [0.717, 1.165) is 0 Å². The van der Waals surface area contributed by atoms with Crippen LogP contribution in [-0.4, -0.2) is 31.5 Å². The number of carbonyl (C=O) groups excluding carboxylic acids is 1. The standard InChI is InChI=1S/C20H18N2O5/c1-26-17-8-14-10-20(12-21,19(23)15(14)9-18(17)27-2)16(11-22(24)25)13-6-4-3-5-7-13/h3-9,16H,10-11H2,1-2H3/t16-,20?/m0/s1. The van der Waals surface area contributed by atoms with Crippen molar-refractivity contribution in [3.05, 3.63) is 69.3 Å². The fourth-order valence-corrected chi connectivity index (χ4v) is 3.73. The summed E-state index contributed by atoms with van der Waals surface area (Å²) in [5.74, 6) is -0.459. The molecule has 3 rings (SSSR count). The van der Waals surface area contributed by atoms with E-state index >= 15 is 0 Å². The lowest BCUT2D eigenvalue weighted by atomic mass is 9.70. The molecule has 1 aliphatic rings. The predicted molar refractivity (Wildman–Crippen MR) is 96.7 cm³/mol. The molecule has 0 amide bonds. The molecule has 0 N–H and O–H groups in total. The molecular formula is C20H18N2O5. The van der Waals surface area contributed by atoms with Crippen LogP contribution in [0.15, 0.2) is 42.5 Å². The summed E-state index contributed by atoms with van der Waals surface area (Å²) in [5.41, 5.74) is 0.0199. The summed E-state index contributed by atoms with van der Waals surface area (Å²) in [7, 11) is 2.94. The Morgan fingerprint density at radius 2 is 1.85 bits per heavy atom. The van der Waals surface area contributed by atoms with Crippen molar-refractivity contribution < 1.29 is 19.2 Å². The van der Waals surface area contributed by atoms with Gasteiger partial charge in [-0.2, -0.15) is 5.26 Å². The van der Waals surface area contributed by atoms with Crippen LogP contribution in [0.5, 0.6) is 11.5 Å². The van der Waals surface area contributed by atoms with Crippen molar-refractivity contribution in [1.82, 2.24) is 0 Å². The van der Waals surface area contributed by atoms with Crippen LogP contribution < -0.4 is 9.47 Å². The average molecular weight is 366 g/mol. The van der Waals surface area contributed by atoms with Crippen LogP contribution in [-0.2, 0) is 6.42 Å². The van der Waals surface area contributed by atoms with Crippen LogP contribution in [0.4, 0.5) is 0 Å². The van der Waals surface area contributed by atoms with Crippen LogP contribution in [0.1, 0.15) is 27.4 Å². The first-order chi connectivity index (χ1) is 13.0. The highest BCUT2D eigenvalue weighted by Crippen LogP contribution is 2.49. The molecule has 0 radical (unpaired) electrons. The van der Waals surface area contributed by atoms with Crippen LogP contribution in [0, 0.1) is 26.9 Å². The molecule has 138 valence electrons. The lowest BCUT2D eigenvalue weighted by Crippen LogP contribution is -2.37. The molecule has 0 spiro atoms. The van der Waals surface area contributed by atoms with Gasteiger partial charge in [-0.3, -0.25) is 14.9 Å². The predicted octanol–water partition coefficient (Wildman–Crippen LogP) is 3.01. The molecule has 0 aromatic heterocycles. The minimum absolute atomic E-state index is 0.0887. The van der Waals surface area contributed by atoms with Crippen molar-refractivity contribution in [1.29, 1.82) is 5.26 Å². The highest BCUT2D eigenvalue weighted by molar-refractivity contribution is 6.08. The number of rotatable bonds is 6. The number of benzene rings is 2. The first kappa shape index (κ1) is 18.4. The molecule has 2 atom stereocenters. The largest absolute Gasteiger partial charge is 0.493 e. The van der Waals surface area contributed by atoms with Crippen LogP contribution in [0.2, 0.25) is 0 Å². The van der Waals surface area contributed by atoms with Gasteiger partial charge in [-0.1, -0.05) is 30.3 Å². The van der Waals surface area contributed by atoms with Gasteiger partial charge in [0.1, 0.15) is 5.41 Å². The number of Topliss-reactive ketones (excluding diaryl/α,β-unsaturated/α-hetero) is 1. The highest BCUT2D eigenvalue weighted by Gasteiger charge is 2.54. The zero-order valence-electron chi connectivity index (χ0n) is 15.0. The van der Waals surface area contributed by atoms with Gasteiger partial charge in [0.2, 0.25) is 6.54 Å². The molecule has 0 saturated carbocycles. The van der Waals surface area contributed by atoms with Crippen molar-refractivity contribution in [2.24, 2.45) is 5.41 Å². The third kappa shape index (κ3) is 2.99. The smallest absolute Gasteiger partial charge is 0.212 e. The number of ketones is 1. The minimum Gasteiger partial charge on any atom is -0.493 e. The third-order valence-corrected chi connectivity index (χ3v) is 5.06. The van der Waals surface area contributed by atoms with Crippen molar-refractivity contribution in [2.75, 3.05) is 20.8 Å². The average Bonchev–Trinajstić information content (AvgIpc) is 2.97. The topological polar surface area (TPSA) is 102 Å². The number of hydrogen-bond donors (Lipinski definition) is 0. The molecule has 27 heavy (non-hydrogen) atoms. The Balaban J connectivity index is 2.15. The minimum atomic E-state index is -1.55. The second kappa shape index (κ2) is 7.08. The van der Waals surface area contributed by atoms with E-state index in [1.54, 1.807) is 42.5 Å². The van der Waals surface area contributed by atoms with E-state index in [-0.39, 0.29) is 6.42 Å². The molecule has 1 unspecified atom stereocenters. The van der Waals surface area contributed by atoms with Crippen LogP contribution in [0.3, 0.4) is 0 Å². The van der Waals surface area contributed by atoms with E-state index in [2.05, 4.69) is 6.07 Å². The molecule has 0 fully saturated rings. The van der Waals surface area contributed by atoms with Gasteiger partial charge >= 0.3 is 0 Å². The zero-order chi connectivity index (χ0) is 19.6. The number of fused-ring (bicyclic) bond motifs is 1. The third-order valence-electron chi connectivity index (χ3n) is 5.06. The molecular weight excluding hydrogens is 348 g/mol. The Bertz CT molecular complexity index is 935. The summed E-state index contributed by atoms with van der Waals surface area (Å²) in [6.45, 7) is -0.508. The summed E-state index contributed by atoms with van der Waals surface area (Å²) in [4.78, 5) is 24.1. The number of nitro groups is 1. The van der Waals surface area contributed by atoms with Gasteiger partial charge in [-0.05, 0) is 23.3 Å². The summed E-state index contributed by atoms with van der Waals surface area (Å²) < 4.78 is 10.5. The maximum Gasteiger partial charge on any atom is 0.212 e. The van der Waals surface area contributed by atoms with Gasteiger partial charge in [0.15, 0.2) is 17.3 Å². The van der Waals surface area contributed by atoms with Crippen molar-refractivity contribution >= 4 is 5.78 Å². The molecule has 0 saturated heterocycles. The Morgan fingerprint density at radius 1 is 1.22 bits per heavy atom. The van der Waals surface area contributed by atoms with Gasteiger partial charge in [0, 0.05) is 16.9 Å². The number of ether oxygens (including phenoxy) is 2. The van der Waals surface area contributed by atoms with Crippen LogP contribution >= 0.6 is 0 Å². The van der Waals surface area contributed by atoms with E-state index in [9.17, 15) is 20.2 Å². The van der Waals surface area contributed by atoms with Gasteiger partial charge in [0.05, 0.1) is 26.2 Å². The Morgan fingerprint density at radius 3 is 2.41 bits per heavy atom. The monoisotopic (exact) mass is 366 g/mol. The second-order valence-electron chi connectivity index (χ2n) is 6.43. The number of hydrogen-bond acceptors (Lipinski definition) is 6. The lowest BCUT2D eigenvalue weighted by molar-refractivity contribution is -0.485. The molecule has 2 aromatic rings. The molecule has 0 bridgehead atoms. The fourth-order valence-electron chi connectivity index (χ4n) is 3.73. The van der Waals surface area contributed by atoms with Crippen molar-refractivity contribution in [3.8, 4) is 17.6 Å². The second-order valence-corrected chi connectivity index (χ2v) is 6.43. The van der Waals surface area contributed by atoms with Crippen molar-refractivity contribution in [3.63, 3.8) is 0 Å². The molecule has 7 heteroatoms. The quantitative estimate of drug-likeness (QED) is 0.575. The lowest BCUT2D eigenvalue weighted by Gasteiger charge is -2.27. The summed E-state index contributed by atoms with van der Waals surface area (Å²) in [6, 6.07) is 14.0. The highest BCUT2D eigenvalue weighted by atomic mass is 16.6. The molecule has 2 aromatic carbocycles. The number of methoxy groups -OCH3 is 2. The van der Waals surface area contributed by atoms with Gasteiger partial charge in [-0.25, -0.2) is 0 Å². The normalized spacial score (nSPS) is 19.1. The van der Waals surface area contributed by atoms with E-state index in [4.69, 9.17) is 9.47 Å². The van der Waals surface area contributed by atoms with Gasteiger partial charge < -0.3 is 9.47 Å². The SMILES string of the molecule is COc1cc2c(cc1OC)C(=O)C(C#N)([C@@H](C[N+](=O)[O-])c1ccccc1)C2. The number of nitriles is 1. The van der Waals surface area contributed by atoms with Gasteiger partial charge in [0.25, 0.3) is 0 Å². The number of carbonyl (C=O) groups is 1. The maximum atomic E-state index is 13.3. The molecule has 0 aliphatic heterocycles. The first-order valence-corrected chi connectivity index (χ1v) is 8.34. The Labute approximate surface area is 156 Å². The van der Waals surface area contributed by atoms with Gasteiger partial charge in [-0.15, -0.1) is 0 Å². The molecule has 7 nitrogen and oxygen atoms in total. The fraction of sp³-hybridized carbons (Fsp3) is 0.300. The van der Waals surface area contributed by atoms with E-state index in [1.807, 2.05) is 0 Å².